The lowest BCUT2D eigenvalue weighted by Gasteiger charge is -2.58. The molecule has 0 amide bonds. The van der Waals surface area contributed by atoms with Crippen molar-refractivity contribution < 1.29 is 8.97 Å². The lowest BCUT2D eigenvalue weighted by atomic mass is 9.86. The highest BCUT2D eigenvalue weighted by molar-refractivity contribution is 5.15. The van der Waals surface area contributed by atoms with Crippen molar-refractivity contribution in [3.05, 3.63) is 71.8 Å². The van der Waals surface area contributed by atoms with E-state index in [1.807, 2.05) is 0 Å². The Morgan fingerprint density at radius 2 is 0.919 bits per heavy atom. The van der Waals surface area contributed by atoms with Gasteiger partial charge in [-0.3, -0.25) is 9.80 Å². The Bertz CT molecular complexity index is 898. The average Bonchev–Trinajstić information content (AvgIpc) is 2.87. The number of nitrogens with zero attached hydrogens (tertiary/aromatic N) is 4. The number of fused-ring (bicyclic) bond motifs is 4. The molecule has 4 bridgehead atoms. The first-order valence-electron chi connectivity index (χ1n) is 15.3. The zero-order chi connectivity index (χ0) is 25.3. The van der Waals surface area contributed by atoms with Crippen LogP contribution in [0.2, 0.25) is 0 Å². The van der Waals surface area contributed by atoms with Crippen LogP contribution >= 0.6 is 0 Å². The quantitative estimate of drug-likeness (QED) is 0.461. The van der Waals surface area contributed by atoms with Crippen molar-refractivity contribution in [3.63, 3.8) is 0 Å². The van der Waals surface area contributed by atoms with Gasteiger partial charge in [0.2, 0.25) is 0 Å². The molecule has 0 aliphatic carbocycles. The molecule has 0 saturated carbocycles. The summed E-state index contributed by atoms with van der Waals surface area (Å²) in [6.07, 6.45) is 9.96. The van der Waals surface area contributed by atoms with Crippen molar-refractivity contribution in [1.82, 2.24) is 9.80 Å². The van der Waals surface area contributed by atoms with Crippen LogP contribution in [0, 0.1) is 0 Å². The third kappa shape index (κ3) is 5.28. The van der Waals surface area contributed by atoms with E-state index in [0.717, 1.165) is 37.3 Å². The molecule has 4 fully saturated rings. The normalized spacial score (nSPS) is 36.4. The van der Waals surface area contributed by atoms with Gasteiger partial charge in [0.05, 0.1) is 53.4 Å². The summed E-state index contributed by atoms with van der Waals surface area (Å²) >= 11 is 0. The van der Waals surface area contributed by atoms with Crippen molar-refractivity contribution in [3.8, 4) is 0 Å². The molecule has 4 atom stereocenters. The molecule has 37 heavy (non-hydrogen) atoms. The number of likely N-dealkylation sites (tertiary alicyclic amines) is 2. The second kappa shape index (κ2) is 10.8. The molecule has 0 radical (unpaired) electrons. The largest absolute Gasteiger partial charge is 0.319 e. The maximum Gasteiger partial charge on any atom is 0.102 e. The zero-order valence-electron chi connectivity index (χ0n) is 23.5. The van der Waals surface area contributed by atoms with Gasteiger partial charge in [-0.2, -0.15) is 0 Å². The third-order valence-corrected chi connectivity index (χ3v) is 11.1. The fraction of sp³-hybridized carbons (Fsp3) is 0.636. The molecular weight excluding hydrogens is 452 g/mol. The number of hydrogen-bond donors (Lipinski definition) is 0. The minimum atomic E-state index is 0.823. The molecule has 4 nitrogen and oxygen atoms in total. The van der Waals surface area contributed by atoms with Gasteiger partial charge in [0.1, 0.15) is 24.2 Å². The van der Waals surface area contributed by atoms with Gasteiger partial charge in [-0.1, -0.05) is 60.7 Å². The van der Waals surface area contributed by atoms with E-state index in [1.165, 1.54) is 104 Å². The Kier molecular flexibility index (Phi) is 7.46. The first-order chi connectivity index (χ1) is 18.0. The third-order valence-electron chi connectivity index (χ3n) is 11.1. The SMILES string of the molecule is C[N+]1(CCC[N+]2(C)C3CCCC2CN(Cc2ccccc2)C3)C2CCCC1CN(Cc1ccccc1)C2. The van der Waals surface area contributed by atoms with Crippen LogP contribution in [-0.2, 0) is 13.1 Å². The van der Waals surface area contributed by atoms with Crippen molar-refractivity contribution in [1.29, 1.82) is 0 Å². The molecule has 2 aromatic rings. The summed E-state index contributed by atoms with van der Waals surface area (Å²) in [5, 5.41) is 0. The van der Waals surface area contributed by atoms with E-state index in [0.29, 0.717) is 0 Å². The number of hydrogen-bond acceptors (Lipinski definition) is 2. The highest BCUT2D eigenvalue weighted by atomic mass is 15.5. The summed E-state index contributed by atoms with van der Waals surface area (Å²) < 4.78 is 2.70. The summed E-state index contributed by atoms with van der Waals surface area (Å²) in [6.45, 7) is 10.2. The molecular formula is C33H50N4+2. The number of benzene rings is 2. The van der Waals surface area contributed by atoms with Gasteiger partial charge in [0.25, 0.3) is 0 Å². The van der Waals surface area contributed by atoms with Gasteiger partial charge in [0, 0.05) is 45.2 Å². The minimum absolute atomic E-state index is 0.823. The summed E-state index contributed by atoms with van der Waals surface area (Å²) in [4.78, 5) is 5.54. The molecule has 4 saturated heterocycles. The molecule has 0 spiro atoms. The first kappa shape index (κ1) is 25.6. The molecule has 200 valence electrons. The molecule has 0 aromatic heterocycles. The van der Waals surface area contributed by atoms with Crippen molar-refractivity contribution >= 4 is 0 Å². The number of rotatable bonds is 8. The average molecular weight is 503 g/mol. The summed E-state index contributed by atoms with van der Waals surface area (Å²) in [7, 11) is 5.26. The lowest BCUT2D eigenvalue weighted by molar-refractivity contribution is -0.982. The molecule has 4 aliphatic rings. The number of piperazine rings is 2. The van der Waals surface area contributed by atoms with Gasteiger partial charge < -0.3 is 8.97 Å². The molecule has 0 N–H and O–H groups in total. The maximum atomic E-state index is 2.77. The topological polar surface area (TPSA) is 6.48 Å². The van der Waals surface area contributed by atoms with Gasteiger partial charge in [0.15, 0.2) is 0 Å². The fourth-order valence-corrected chi connectivity index (χ4v) is 8.83. The van der Waals surface area contributed by atoms with Crippen LogP contribution < -0.4 is 0 Å². The minimum Gasteiger partial charge on any atom is -0.319 e. The summed E-state index contributed by atoms with van der Waals surface area (Å²) in [5.74, 6) is 0. The standard InChI is InChI=1S/C33H50N4/c1-36(30-16-9-17-31(36)25-34(24-30)22-28-12-5-3-6-13-28)20-11-21-37(2)32-18-10-19-33(37)27-35(26-32)23-29-14-7-4-8-15-29/h3-8,12-15,30-33H,9-11,16-27H2,1-2H3/q+2. The highest BCUT2D eigenvalue weighted by Crippen LogP contribution is 2.38. The molecule has 6 rings (SSSR count). The van der Waals surface area contributed by atoms with Gasteiger partial charge in [-0.25, -0.2) is 0 Å². The number of likely N-dealkylation sites (N-methyl/N-ethyl adjacent to an activating group) is 2. The molecule has 2 aromatic carbocycles. The van der Waals surface area contributed by atoms with Crippen molar-refractivity contribution in [2.45, 2.75) is 82.2 Å². The number of quaternary nitrogens is 2. The van der Waals surface area contributed by atoms with E-state index in [9.17, 15) is 0 Å². The van der Waals surface area contributed by atoms with E-state index in [-0.39, 0.29) is 0 Å². The second-order valence-electron chi connectivity index (χ2n) is 13.3. The van der Waals surface area contributed by atoms with Gasteiger partial charge >= 0.3 is 0 Å². The van der Waals surface area contributed by atoms with E-state index >= 15 is 0 Å². The smallest absolute Gasteiger partial charge is 0.102 e. The van der Waals surface area contributed by atoms with E-state index in [4.69, 9.17) is 0 Å². The Labute approximate surface area is 226 Å². The monoisotopic (exact) mass is 502 g/mol. The first-order valence-corrected chi connectivity index (χ1v) is 15.3. The molecule has 4 unspecified atom stereocenters. The molecule has 4 heteroatoms. The van der Waals surface area contributed by atoms with Gasteiger partial charge in [-0.05, 0) is 24.0 Å². The lowest BCUT2D eigenvalue weighted by Crippen LogP contribution is -2.72. The predicted octanol–water partition coefficient (Wildman–Crippen LogP) is 5.14. The van der Waals surface area contributed by atoms with Crippen LogP contribution in [0.4, 0.5) is 0 Å². The van der Waals surface area contributed by atoms with Crippen LogP contribution in [0.5, 0.6) is 0 Å². The van der Waals surface area contributed by atoms with Gasteiger partial charge in [-0.15, -0.1) is 0 Å². The predicted molar refractivity (Wildman–Crippen MR) is 153 cm³/mol. The van der Waals surface area contributed by atoms with Crippen LogP contribution in [0.15, 0.2) is 60.7 Å². The van der Waals surface area contributed by atoms with E-state index < -0.39 is 0 Å². The summed E-state index contributed by atoms with van der Waals surface area (Å²) in [6, 6.07) is 25.6. The number of piperidine rings is 2. The fourth-order valence-electron chi connectivity index (χ4n) is 8.83. The Balaban J connectivity index is 1.07. The van der Waals surface area contributed by atoms with E-state index in [1.54, 1.807) is 0 Å². The van der Waals surface area contributed by atoms with Crippen LogP contribution in [0.25, 0.3) is 0 Å². The Morgan fingerprint density at radius 3 is 1.27 bits per heavy atom. The van der Waals surface area contributed by atoms with Crippen LogP contribution in [-0.4, -0.2) is 96.3 Å². The highest BCUT2D eigenvalue weighted by Gasteiger charge is 2.50. The van der Waals surface area contributed by atoms with Crippen LogP contribution in [0.1, 0.15) is 56.1 Å². The molecule has 4 heterocycles. The van der Waals surface area contributed by atoms with Crippen molar-refractivity contribution in [2.24, 2.45) is 0 Å². The maximum absolute atomic E-state index is 2.77. The Hall–Kier alpha value is -1.72. The van der Waals surface area contributed by atoms with E-state index in [2.05, 4.69) is 84.6 Å². The Morgan fingerprint density at radius 1 is 0.568 bits per heavy atom. The second-order valence-corrected chi connectivity index (χ2v) is 13.3. The zero-order valence-corrected chi connectivity index (χ0v) is 23.5. The van der Waals surface area contributed by atoms with Crippen molar-refractivity contribution in [2.75, 3.05) is 53.4 Å². The summed E-state index contributed by atoms with van der Waals surface area (Å²) in [5.41, 5.74) is 2.96. The van der Waals surface area contributed by atoms with Crippen LogP contribution in [0.3, 0.4) is 0 Å². The molecule has 4 aliphatic heterocycles.